The number of H-pyrrole nitrogens is 1. The third-order valence-corrected chi connectivity index (χ3v) is 3.63. The molecule has 18 heavy (non-hydrogen) atoms. The molecular weight excluding hydrogens is 224 g/mol. The molecule has 3 N–H and O–H groups in total. The van der Waals surface area contributed by atoms with Gasteiger partial charge in [0.15, 0.2) is 5.82 Å². The van der Waals surface area contributed by atoms with Gasteiger partial charge in [-0.1, -0.05) is 6.07 Å². The number of aromatic amines is 1. The molecule has 0 bridgehead atoms. The van der Waals surface area contributed by atoms with Crippen molar-refractivity contribution < 1.29 is 0 Å². The van der Waals surface area contributed by atoms with E-state index in [1.807, 2.05) is 18.2 Å². The topological polar surface area (TPSA) is 67.6 Å². The largest absolute Gasteiger partial charge is 0.340 e. The van der Waals surface area contributed by atoms with Crippen molar-refractivity contribution in [3.63, 3.8) is 0 Å². The van der Waals surface area contributed by atoms with Crippen molar-refractivity contribution in [2.45, 2.75) is 25.7 Å². The van der Waals surface area contributed by atoms with Gasteiger partial charge in [-0.25, -0.2) is 4.98 Å². The smallest absolute Gasteiger partial charge is 0.156 e. The normalized spacial score (nSPS) is 18.6. The Kier molecular flexibility index (Phi) is 3.11. The van der Waals surface area contributed by atoms with E-state index in [9.17, 15) is 0 Å². The second-order valence-corrected chi connectivity index (χ2v) is 4.91. The molecule has 0 radical (unpaired) electrons. The highest BCUT2D eigenvalue weighted by Crippen LogP contribution is 2.27. The number of fused-ring (bicyclic) bond motifs is 1. The summed E-state index contributed by atoms with van der Waals surface area (Å²) in [6.07, 6.45) is 6.25. The first-order chi connectivity index (χ1) is 8.86. The quantitative estimate of drug-likeness (QED) is 0.864. The number of nitrogens with one attached hydrogen (secondary N) is 1. The van der Waals surface area contributed by atoms with Gasteiger partial charge in [-0.3, -0.25) is 4.98 Å². The number of hydrogen-bond acceptors (Lipinski definition) is 3. The zero-order valence-corrected chi connectivity index (χ0v) is 10.4. The Morgan fingerprint density at radius 3 is 3.11 bits per heavy atom. The van der Waals surface area contributed by atoms with Crippen molar-refractivity contribution >= 4 is 0 Å². The van der Waals surface area contributed by atoms with E-state index in [2.05, 4.69) is 15.0 Å². The third kappa shape index (κ3) is 2.16. The molecular formula is C14H18N4. The van der Waals surface area contributed by atoms with Crippen LogP contribution in [0.3, 0.4) is 0 Å². The number of aryl methyl sites for hydroxylation is 1. The number of pyridine rings is 1. The molecule has 1 unspecified atom stereocenters. The van der Waals surface area contributed by atoms with Crippen LogP contribution in [-0.4, -0.2) is 21.5 Å². The minimum Gasteiger partial charge on any atom is -0.340 e. The molecule has 3 rings (SSSR count). The fourth-order valence-corrected chi connectivity index (χ4v) is 2.66. The Balaban J connectivity index is 1.85. The van der Waals surface area contributed by atoms with Gasteiger partial charge in [-0.2, -0.15) is 0 Å². The monoisotopic (exact) mass is 242 g/mol. The van der Waals surface area contributed by atoms with Crippen molar-refractivity contribution in [1.82, 2.24) is 15.0 Å². The predicted molar refractivity (Wildman–Crippen MR) is 71.0 cm³/mol. The summed E-state index contributed by atoms with van der Waals surface area (Å²) in [5.41, 5.74) is 9.05. The Morgan fingerprint density at radius 2 is 2.33 bits per heavy atom. The van der Waals surface area contributed by atoms with Crippen LogP contribution in [0, 0.1) is 5.92 Å². The Hall–Kier alpha value is -1.68. The van der Waals surface area contributed by atoms with Crippen LogP contribution in [0.4, 0.5) is 0 Å². The molecule has 4 nitrogen and oxygen atoms in total. The summed E-state index contributed by atoms with van der Waals surface area (Å²) < 4.78 is 0. The van der Waals surface area contributed by atoms with E-state index in [1.54, 1.807) is 6.20 Å². The van der Waals surface area contributed by atoms with Crippen LogP contribution in [0.25, 0.3) is 11.5 Å². The second kappa shape index (κ2) is 4.90. The van der Waals surface area contributed by atoms with Crippen LogP contribution >= 0.6 is 0 Å². The maximum Gasteiger partial charge on any atom is 0.156 e. The van der Waals surface area contributed by atoms with Crippen molar-refractivity contribution in [3.8, 4) is 11.5 Å². The molecule has 0 amide bonds. The summed E-state index contributed by atoms with van der Waals surface area (Å²) in [6, 6.07) is 5.90. The molecule has 0 saturated heterocycles. The average Bonchev–Trinajstić information content (AvgIpc) is 2.83. The van der Waals surface area contributed by atoms with Gasteiger partial charge in [0.25, 0.3) is 0 Å². The zero-order chi connectivity index (χ0) is 12.4. The third-order valence-electron chi connectivity index (χ3n) is 3.63. The highest BCUT2D eigenvalue weighted by molar-refractivity contribution is 5.50. The summed E-state index contributed by atoms with van der Waals surface area (Å²) in [5.74, 6) is 1.61. The number of nitrogens with two attached hydrogens (primary N) is 1. The molecule has 0 aliphatic heterocycles. The van der Waals surface area contributed by atoms with E-state index in [-0.39, 0.29) is 0 Å². The van der Waals surface area contributed by atoms with Gasteiger partial charge in [0.1, 0.15) is 5.69 Å². The van der Waals surface area contributed by atoms with Gasteiger partial charge in [0, 0.05) is 11.9 Å². The van der Waals surface area contributed by atoms with Crippen LogP contribution in [0.2, 0.25) is 0 Å². The van der Waals surface area contributed by atoms with E-state index in [1.165, 1.54) is 17.8 Å². The summed E-state index contributed by atoms with van der Waals surface area (Å²) in [6.45, 7) is 0.779. The highest BCUT2D eigenvalue weighted by atomic mass is 15.0. The molecule has 1 aliphatic rings. The van der Waals surface area contributed by atoms with E-state index in [0.29, 0.717) is 5.92 Å². The first-order valence-corrected chi connectivity index (χ1v) is 6.56. The van der Waals surface area contributed by atoms with Gasteiger partial charge in [0.2, 0.25) is 0 Å². The number of rotatable bonds is 3. The Bertz CT molecular complexity index is 518. The molecule has 0 fully saturated rings. The number of hydrogen-bond donors (Lipinski definition) is 2. The minimum absolute atomic E-state index is 0.708. The number of imidazole rings is 1. The van der Waals surface area contributed by atoms with Crippen LogP contribution in [0.1, 0.15) is 24.2 Å². The van der Waals surface area contributed by atoms with Crippen LogP contribution in [0.15, 0.2) is 24.4 Å². The summed E-state index contributed by atoms with van der Waals surface area (Å²) in [7, 11) is 0. The molecule has 0 saturated carbocycles. The standard InChI is InChI=1S/C14H18N4/c15-7-6-10-4-5-11-13(9-10)18-14(17-11)12-3-1-2-8-16-12/h1-3,8,10H,4-7,9,15H2,(H,17,18). The van der Waals surface area contributed by atoms with Gasteiger partial charge in [0.05, 0.1) is 5.69 Å². The Morgan fingerprint density at radius 1 is 1.39 bits per heavy atom. The molecule has 94 valence electrons. The molecule has 0 spiro atoms. The molecule has 0 aromatic carbocycles. The lowest BCUT2D eigenvalue weighted by Gasteiger charge is -2.20. The maximum absolute atomic E-state index is 5.64. The lowest BCUT2D eigenvalue weighted by atomic mass is 9.87. The average molecular weight is 242 g/mol. The summed E-state index contributed by atoms with van der Waals surface area (Å²) in [5, 5.41) is 0. The molecule has 2 aromatic rings. The van der Waals surface area contributed by atoms with Crippen molar-refractivity contribution in [1.29, 1.82) is 0 Å². The van der Waals surface area contributed by atoms with E-state index in [0.717, 1.165) is 37.3 Å². The fourth-order valence-electron chi connectivity index (χ4n) is 2.66. The highest BCUT2D eigenvalue weighted by Gasteiger charge is 2.22. The maximum atomic E-state index is 5.64. The van der Waals surface area contributed by atoms with Crippen LogP contribution < -0.4 is 5.73 Å². The predicted octanol–water partition coefficient (Wildman–Crippen LogP) is 1.93. The lowest BCUT2D eigenvalue weighted by molar-refractivity contribution is 0.426. The van der Waals surface area contributed by atoms with Crippen LogP contribution in [-0.2, 0) is 12.8 Å². The Labute approximate surface area is 107 Å². The fraction of sp³-hybridized carbons (Fsp3) is 0.429. The first kappa shape index (κ1) is 11.4. The molecule has 2 aromatic heterocycles. The van der Waals surface area contributed by atoms with Crippen LogP contribution in [0.5, 0.6) is 0 Å². The lowest BCUT2D eigenvalue weighted by Crippen LogP contribution is -2.17. The van der Waals surface area contributed by atoms with E-state index < -0.39 is 0 Å². The van der Waals surface area contributed by atoms with Gasteiger partial charge < -0.3 is 10.7 Å². The summed E-state index contributed by atoms with van der Waals surface area (Å²) >= 11 is 0. The SMILES string of the molecule is NCCC1CCc2nc(-c3ccccn3)[nH]c2C1. The summed E-state index contributed by atoms with van der Waals surface area (Å²) in [4.78, 5) is 12.4. The second-order valence-electron chi connectivity index (χ2n) is 4.91. The number of aromatic nitrogens is 3. The van der Waals surface area contributed by atoms with E-state index in [4.69, 9.17) is 5.73 Å². The molecule has 1 atom stereocenters. The molecule has 4 heteroatoms. The van der Waals surface area contributed by atoms with Gasteiger partial charge >= 0.3 is 0 Å². The molecule has 1 aliphatic carbocycles. The zero-order valence-electron chi connectivity index (χ0n) is 10.4. The van der Waals surface area contributed by atoms with E-state index >= 15 is 0 Å². The minimum atomic E-state index is 0.708. The van der Waals surface area contributed by atoms with Crippen molar-refractivity contribution in [2.75, 3.05) is 6.54 Å². The molecule has 2 heterocycles. The van der Waals surface area contributed by atoms with Crippen molar-refractivity contribution in [2.24, 2.45) is 11.7 Å². The van der Waals surface area contributed by atoms with Gasteiger partial charge in [-0.05, 0) is 50.3 Å². The van der Waals surface area contributed by atoms with Gasteiger partial charge in [-0.15, -0.1) is 0 Å². The van der Waals surface area contributed by atoms with Crippen molar-refractivity contribution in [3.05, 3.63) is 35.8 Å². The first-order valence-electron chi connectivity index (χ1n) is 6.56. The number of nitrogens with zero attached hydrogens (tertiary/aromatic N) is 2.